The van der Waals surface area contributed by atoms with Crippen molar-refractivity contribution in [1.82, 2.24) is 10.0 Å². The highest BCUT2D eigenvalue weighted by molar-refractivity contribution is 4.55. The van der Waals surface area contributed by atoms with Gasteiger partial charge in [0.25, 0.3) is 0 Å². The molecule has 0 bridgehead atoms. The molecule has 0 aliphatic carbocycles. The Balaban J connectivity index is 2.34. The van der Waals surface area contributed by atoms with Crippen molar-refractivity contribution in [2.24, 2.45) is 0 Å². The molecule has 0 saturated carbocycles. The fourth-order valence-electron chi connectivity index (χ4n) is 1.21. The van der Waals surface area contributed by atoms with Crippen LogP contribution in [0.5, 0.6) is 0 Å². The zero-order valence-electron chi connectivity index (χ0n) is 6.84. The molecule has 0 N–H and O–H groups in total. The van der Waals surface area contributed by atoms with Crippen molar-refractivity contribution in [2.45, 2.75) is 13.8 Å². The summed E-state index contributed by atoms with van der Waals surface area (Å²) < 4.78 is 5.29. The molecule has 0 unspecified atom stereocenters. The first-order chi connectivity index (χ1) is 4.88. The molecule has 1 saturated heterocycles. The highest BCUT2D eigenvalue weighted by atomic mass is 16.5. The summed E-state index contributed by atoms with van der Waals surface area (Å²) in [5, 5.41) is 4.55. The molecule has 0 aromatic carbocycles. The molecule has 1 rings (SSSR count). The van der Waals surface area contributed by atoms with Gasteiger partial charge in [0, 0.05) is 19.6 Å². The van der Waals surface area contributed by atoms with Gasteiger partial charge in [0.1, 0.15) is 6.73 Å². The number of likely N-dealkylation sites (N-methyl/N-ethyl adjacent to an activating group) is 1. The second-order valence-corrected chi connectivity index (χ2v) is 2.41. The van der Waals surface area contributed by atoms with E-state index in [0.29, 0.717) is 0 Å². The summed E-state index contributed by atoms with van der Waals surface area (Å²) in [6, 6.07) is 0. The lowest BCUT2D eigenvalue weighted by Gasteiger charge is -2.36. The van der Waals surface area contributed by atoms with Crippen LogP contribution in [-0.4, -0.2) is 43.0 Å². The summed E-state index contributed by atoms with van der Waals surface area (Å²) in [6.07, 6.45) is 0. The summed E-state index contributed by atoms with van der Waals surface area (Å²) in [6.45, 7) is 9.16. The van der Waals surface area contributed by atoms with E-state index >= 15 is 0 Å². The number of hydrogen-bond acceptors (Lipinski definition) is 3. The number of ether oxygens (including phenoxy) is 1. The number of rotatable bonds is 2. The molecule has 1 aliphatic rings. The van der Waals surface area contributed by atoms with Crippen LogP contribution in [0.4, 0.5) is 0 Å². The molecule has 60 valence electrons. The Morgan fingerprint density at radius 2 is 1.90 bits per heavy atom. The van der Waals surface area contributed by atoms with Crippen LogP contribution in [0.2, 0.25) is 0 Å². The first-order valence-corrected chi connectivity index (χ1v) is 3.96. The first kappa shape index (κ1) is 7.98. The van der Waals surface area contributed by atoms with E-state index < -0.39 is 0 Å². The van der Waals surface area contributed by atoms with E-state index in [1.165, 1.54) is 0 Å². The normalized spacial score (nSPS) is 23.4. The molecule has 3 heteroatoms. The van der Waals surface area contributed by atoms with Crippen LogP contribution in [0.25, 0.3) is 0 Å². The minimum Gasteiger partial charge on any atom is -0.363 e. The molecule has 1 aliphatic heterocycles. The summed E-state index contributed by atoms with van der Waals surface area (Å²) >= 11 is 0. The van der Waals surface area contributed by atoms with Gasteiger partial charge in [-0.25, -0.2) is 10.0 Å². The molecule has 1 fully saturated rings. The minimum absolute atomic E-state index is 0.768. The van der Waals surface area contributed by atoms with Crippen molar-refractivity contribution in [3.8, 4) is 0 Å². The monoisotopic (exact) mass is 144 g/mol. The van der Waals surface area contributed by atoms with E-state index in [1.54, 1.807) is 0 Å². The third-order valence-electron chi connectivity index (χ3n) is 1.86. The maximum Gasteiger partial charge on any atom is 0.112 e. The van der Waals surface area contributed by atoms with E-state index in [2.05, 4.69) is 23.9 Å². The van der Waals surface area contributed by atoms with E-state index in [-0.39, 0.29) is 0 Å². The van der Waals surface area contributed by atoms with Crippen LogP contribution < -0.4 is 0 Å². The molecular formula is C7H16N2O. The van der Waals surface area contributed by atoms with Crippen molar-refractivity contribution in [2.75, 3.05) is 33.0 Å². The Morgan fingerprint density at radius 1 is 1.20 bits per heavy atom. The molecular weight excluding hydrogens is 128 g/mol. The van der Waals surface area contributed by atoms with Crippen molar-refractivity contribution < 1.29 is 4.74 Å². The standard InChI is InChI=1S/C7H16N2O/c1-3-8-5-6-10-7-9(8)4-2/h3-7H2,1-2H3. The first-order valence-electron chi connectivity index (χ1n) is 3.96. The molecule has 0 atom stereocenters. The fourth-order valence-corrected chi connectivity index (χ4v) is 1.21. The largest absolute Gasteiger partial charge is 0.363 e. The molecule has 0 radical (unpaired) electrons. The Kier molecular flexibility index (Phi) is 3.12. The van der Waals surface area contributed by atoms with Crippen molar-refractivity contribution in [3.63, 3.8) is 0 Å². The average Bonchev–Trinajstić information content (AvgIpc) is 2.04. The molecule has 10 heavy (non-hydrogen) atoms. The lowest BCUT2D eigenvalue weighted by atomic mass is 10.5. The minimum atomic E-state index is 0.768. The average molecular weight is 144 g/mol. The third kappa shape index (κ3) is 1.68. The van der Waals surface area contributed by atoms with Crippen LogP contribution in [0.3, 0.4) is 0 Å². The molecule has 0 aromatic heterocycles. The van der Waals surface area contributed by atoms with Crippen molar-refractivity contribution in [1.29, 1.82) is 0 Å². The SMILES string of the molecule is CCN1CCOCN1CC. The topological polar surface area (TPSA) is 15.7 Å². The highest BCUT2D eigenvalue weighted by Crippen LogP contribution is 2.02. The maximum atomic E-state index is 5.29. The van der Waals surface area contributed by atoms with Gasteiger partial charge in [-0.2, -0.15) is 0 Å². The van der Waals surface area contributed by atoms with Crippen molar-refractivity contribution in [3.05, 3.63) is 0 Å². The summed E-state index contributed by atoms with van der Waals surface area (Å²) in [4.78, 5) is 0. The maximum absolute atomic E-state index is 5.29. The van der Waals surface area contributed by atoms with Gasteiger partial charge in [-0.15, -0.1) is 0 Å². The molecule has 0 spiro atoms. The molecule has 0 aromatic rings. The molecule has 3 nitrogen and oxygen atoms in total. The van der Waals surface area contributed by atoms with Gasteiger partial charge < -0.3 is 4.74 Å². The molecule has 1 heterocycles. The van der Waals surface area contributed by atoms with Gasteiger partial charge in [0.15, 0.2) is 0 Å². The quantitative estimate of drug-likeness (QED) is 0.562. The Hall–Kier alpha value is -0.120. The van der Waals surface area contributed by atoms with Gasteiger partial charge in [-0.1, -0.05) is 13.8 Å². The summed E-state index contributed by atoms with van der Waals surface area (Å²) in [7, 11) is 0. The van der Waals surface area contributed by atoms with Gasteiger partial charge in [0.05, 0.1) is 6.61 Å². The lowest BCUT2D eigenvalue weighted by molar-refractivity contribution is -0.152. The predicted octanol–water partition coefficient (Wildman–Crippen LogP) is 0.533. The van der Waals surface area contributed by atoms with E-state index in [0.717, 1.165) is 33.0 Å². The van der Waals surface area contributed by atoms with Crippen LogP contribution in [0.1, 0.15) is 13.8 Å². The van der Waals surface area contributed by atoms with Crippen molar-refractivity contribution >= 4 is 0 Å². The number of nitrogens with zero attached hydrogens (tertiary/aromatic N) is 2. The zero-order chi connectivity index (χ0) is 7.40. The molecule has 0 amide bonds. The van der Waals surface area contributed by atoms with Gasteiger partial charge >= 0.3 is 0 Å². The van der Waals surface area contributed by atoms with E-state index in [9.17, 15) is 0 Å². The van der Waals surface area contributed by atoms with E-state index in [4.69, 9.17) is 4.74 Å². The third-order valence-corrected chi connectivity index (χ3v) is 1.86. The highest BCUT2D eigenvalue weighted by Gasteiger charge is 2.15. The second kappa shape index (κ2) is 3.91. The van der Waals surface area contributed by atoms with Gasteiger partial charge in [0.2, 0.25) is 0 Å². The lowest BCUT2D eigenvalue weighted by Crippen LogP contribution is -2.49. The zero-order valence-corrected chi connectivity index (χ0v) is 6.84. The number of hydrogen-bond donors (Lipinski definition) is 0. The van der Waals surface area contributed by atoms with Crippen LogP contribution in [0, 0.1) is 0 Å². The Labute approximate surface area is 62.5 Å². The van der Waals surface area contributed by atoms with Crippen LogP contribution >= 0.6 is 0 Å². The van der Waals surface area contributed by atoms with Crippen LogP contribution in [-0.2, 0) is 4.74 Å². The summed E-state index contributed by atoms with van der Waals surface area (Å²) in [5.41, 5.74) is 0. The van der Waals surface area contributed by atoms with Crippen LogP contribution in [0.15, 0.2) is 0 Å². The Morgan fingerprint density at radius 3 is 2.40 bits per heavy atom. The smallest absolute Gasteiger partial charge is 0.112 e. The Bertz CT molecular complexity index is 85.6. The van der Waals surface area contributed by atoms with E-state index in [1.807, 2.05) is 0 Å². The fraction of sp³-hybridized carbons (Fsp3) is 1.00. The number of hydrazine groups is 1. The predicted molar refractivity (Wildman–Crippen MR) is 40.4 cm³/mol. The van der Waals surface area contributed by atoms with Gasteiger partial charge in [-0.05, 0) is 0 Å². The second-order valence-electron chi connectivity index (χ2n) is 2.41. The van der Waals surface area contributed by atoms with Gasteiger partial charge in [-0.3, -0.25) is 0 Å². The summed E-state index contributed by atoms with van der Waals surface area (Å²) in [5.74, 6) is 0.